The summed E-state index contributed by atoms with van der Waals surface area (Å²) in [6, 6.07) is 6.77. The van der Waals surface area contributed by atoms with E-state index in [1.54, 1.807) is 26.8 Å². The van der Waals surface area contributed by atoms with Gasteiger partial charge in [0.15, 0.2) is 5.79 Å². The first kappa shape index (κ1) is 25.6. The Labute approximate surface area is 206 Å². The van der Waals surface area contributed by atoms with E-state index < -0.39 is 29.0 Å². The molecule has 1 N–H and O–H groups in total. The predicted octanol–water partition coefficient (Wildman–Crippen LogP) is 6.19. The van der Waals surface area contributed by atoms with Crippen LogP contribution in [0.15, 0.2) is 30.3 Å². The van der Waals surface area contributed by atoms with E-state index in [0.29, 0.717) is 16.6 Å². The molecule has 0 unspecified atom stereocenters. The molecular formula is C24H28F2INO5. The second-order valence-electron chi connectivity index (χ2n) is 9.17. The van der Waals surface area contributed by atoms with Crippen LogP contribution in [0.5, 0.6) is 5.75 Å². The largest absolute Gasteiger partial charge is 0.492 e. The summed E-state index contributed by atoms with van der Waals surface area (Å²) in [5.74, 6) is -2.57. The van der Waals surface area contributed by atoms with E-state index in [1.165, 1.54) is 12.1 Å². The second kappa shape index (κ2) is 10.1. The second-order valence-corrected chi connectivity index (χ2v) is 10.4. The van der Waals surface area contributed by atoms with Crippen LogP contribution in [-0.2, 0) is 14.2 Å². The minimum absolute atomic E-state index is 0.00385. The number of carbonyl (C=O) groups is 1. The van der Waals surface area contributed by atoms with Crippen molar-refractivity contribution in [2.75, 3.05) is 18.5 Å². The van der Waals surface area contributed by atoms with Crippen LogP contribution in [0.2, 0.25) is 0 Å². The van der Waals surface area contributed by atoms with Crippen LogP contribution < -0.4 is 10.1 Å². The molecule has 180 valence electrons. The quantitative estimate of drug-likeness (QED) is 0.314. The Morgan fingerprint density at radius 1 is 1.21 bits per heavy atom. The Morgan fingerprint density at radius 3 is 2.55 bits per heavy atom. The van der Waals surface area contributed by atoms with Crippen LogP contribution in [0.1, 0.15) is 51.4 Å². The number of ether oxygens (including phenoxy) is 4. The van der Waals surface area contributed by atoms with Crippen molar-refractivity contribution in [3.05, 3.63) is 51.1 Å². The molecule has 1 fully saturated rings. The van der Waals surface area contributed by atoms with Crippen LogP contribution in [-0.4, -0.2) is 36.7 Å². The standard InChI is InChI=1S/C24H28F2INO5/c1-23(2,3)33-22(29)21-19(28-18-7-6-15(27)12-17(18)26)10-14(25)11-20(21)30-9-8-16-13-31-24(4,5)32-16/h6-7,10-12,16,28H,8-9,13H2,1-5H3/t16-/m1/s1. The van der Waals surface area contributed by atoms with E-state index in [-0.39, 0.29) is 35.4 Å². The van der Waals surface area contributed by atoms with E-state index in [1.807, 2.05) is 36.4 Å². The number of hydrogen-bond acceptors (Lipinski definition) is 6. The molecule has 33 heavy (non-hydrogen) atoms. The Kier molecular flexibility index (Phi) is 7.85. The van der Waals surface area contributed by atoms with Gasteiger partial charge in [0.05, 0.1) is 30.7 Å². The highest BCUT2D eigenvalue weighted by atomic mass is 127. The van der Waals surface area contributed by atoms with E-state index in [2.05, 4.69) is 5.32 Å². The number of anilines is 2. The van der Waals surface area contributed by atoms with Gasteiger partial charge >= 0.3 is 5.97 Å². The Balaban J connectivity index is 1.89. The lowest BCUT2D eigenvalue weighted by Crippen LogP contribution is -2.25. The lowest BCUT2D eigenvalue weighted by Gasteiger charge is -2.23. The summed E-state index contributed by atoms with van der Waals surface area (Å²) in [4.78, 5) is 13.0. The van der Waals surface area contributed by atoms with Gasteiger partial charge in [0.1, 0.15) is 28.5 Å². The van der Waals surface area contributed by atoms with Crippen molar-refractivity contribution in [3.63, 3.8) is 0 Å². The summed E-state index contributed by atoms with van der Waals surface area (Å²) in [5.41, 5.74) is -0.681. The lowest BCUT2D eigenvalue weighted by molar-refractivity contribution is -0.139. The van der Waals surface area contributed by atoms with E-state index >= 15 is 0 Å². The first-order chi connectivity index (χ1) is 15.3. The molecule has 0 aliphatic carbocycles. The van der Waals surface area contributed by atoms with Crippen molar-refractivity contribution in [1.29, 1.82) is 0 Å². The highest BCUT2D eigenvalue weighted by Crippen LogP contribution is 2.34. The van der Waals surface area contributed by atoms with E-state index in [4.69, 9.17) is 18.9 Å². The molecule has 0 aromatic heterocycles. The average Bonchev–Trinajstić information content (AvgIpc) is 3.01. The molecule has 3 rings (SSSR count). The molecule has 1 heterocycles. The lowest BCUT2D eigenvalue weighted by atomic mass is 10.1. The molecule has 2 aromatic carbocycles. The van der Waals surface area contributed by atoms with Gasteiger partial charge in [-0.2, -0.15) is 0 Å². The minimum atomic E-state index is -0.797. The fourth-order valence-electron chi connectivity index (χ4n) is 3.28. The molecule has 1 saturated heterocycles. The first-order valence-corrected chi connectivity index (χ1v) is 11.6. The molecule has 1 atom stereocenters. The van der Waals surface area contributed by atoms with Crippen LogP contribution in [0.4, 0.5) is 20.2 Å². The van der Waals surface area contributed by atoms with Crippen LogP contribution in [0.25, 0.3) is 0 Å². The summed E-state index contributed by atoms with van der Waals surface area (Å²) in [5, 5.41) is 2.81. The molecule has 0 saturated carbocycles. The molecule has 9 heteroatoms. The number of esters is 1. The number of nitrogens with one attached hydrogen (secondary N) is 1. The molecule has 6 nitrogen and oxygen atoms in total. The predicted molar refractivity (Wildman–Crippen MR) is 129 cm³/mol. The molecule has 0 bridgehead atoms. The van der Waals surface area contributed by atoms with Gasteiger partial charge in [0.2, 0.25) is 0 Å². The Hall–Kier alpha value is -1.98. The van der Waals surface area contributed by atoms with Gasteiger partial charge in [-0.1, -0.05) is 0 Å². The Morgan fingerprint density at radius 2 is 1.94 bits per heavy atom. The van der Waals surface area contributed by atoms with Crippen molar-refractivity contribution >= 4 is 39.9 Å². The van der Waals surface area contributed by atoms with Crippen LogP contribution >= 0.6 is 22.6 Å². The summed E-state index contributed by atoms with van der Waals surface area (Å²) in [6.45, 7) is 9.38. The number of rotatable bonds is 7. The van der Waals surface area contributed by atoms with Crippen LogP contribution in [0, 0.1) is 15.2 Å². The summed E-state index contributed by atoms with van der Waals surface area (Å²) < 4.78 is 52.3. The zero-order valence-electron chi connectivity index (χ0n) is 19.3. The van der Waals surface area contributed by atoms with Crippen molar-refractivity contribution in [2.45, 2.75) is 58.5 Å². The van der Waals surface area contributed by atoms with E-state index in [0.717, 1.165) is 12.1 Å². The fraction of sp³-hybridized carbons (Fsp3) is 0.458. The number of halogens is 3. The zero-order chi connectivity index (χ0) is 24.4. The number of carbonyl (C=O) groups excluding carboxylic acids is 1. The summed E-state index contributed by atoms with van der Waals surface area (Å²) in [7, 11) is 0. The smallest absolute Gasteiger partial charge is 0.344 e. The summed E-state index contributed by atoms with van der Waals surface area (Å²) in [6.07, 6.45) is 0.291. The van der Waals surface area contributed by atoms with Crippen molar-refractivity contribution in [1.82, 2.24) is 0 Å². The molecule has 0 radical (unpaired) electrons. The number of benzene rings is 2. The maximum atomic E-state index is 14.5. The van der Waals surface area contributed by atoms with Gasteiger partial charge in [-0.05, 0) is 81.5 Å². The molecule has 1 aliphatic heterocycles. The van der Waals surface area contributed by atoms with Gasteiger partial charge in [-0.15, -0.1) is 0 Å². The van der Waals surface area contributed by atoms with E-state index in [9.17, 15) is 13.6 Å². The van der Waals surface area contributed by atoms with Gasteiger partial charge < -0.3 is 24.3 Å². The molecule has 2 aromatic rings. The van der Waals surface area contributed by atoms with Crippen molar-refractivity contribution < 1.29 is 32.5 Å². The summed E-state index contributed by atoms with van der Waals surface area (Å²) >= 11 is 1.99. The van der Waals surface area contributed by atoms with Crippen molar-refractivity contribution in [2.24, 2.45) is 0 Å². The fourth-order valence-corrected chi connectivity index (χ4v) is 3.73. The Bertz CT molecular complexity index is 1020. The maximum Gasteiger partial charge on any atom is 0.344 e. The molecule has 1 aliphatic rings. The van der Waals surface area contributed by atoms with Gasteiger partial charge in [-0.3, -0.25) is 0 Å². The zero-order valence-corrected chi connectivity index (χ0v) is 21.4. The number of hydrogen-bond donors (Lipinski definition) is 1. The van der Waals surface area contributed by atoms with Crippen molar-refractivity contribution in [3.8, 4) is 5.75 Å². The first-order valence-electron chi connectivity index (χ1n) is 10.6. The molecule has 0 amide bonds. The topological polar surface area (TPSA) is 66.0 Å². The van der Waals surface area contributed by atoms with Gasteiger partial charge in [0, 0.05) is 16.1 Å². The third-order valence-electron chi connectivity index (χ3n) is 4.64. The monoisotopic (exact) mass is 575 g/mol. The maximum absolute atomic E-state index is 14.5. The van der Waals surface area contributed by atoms with Crippen LogP contribution in [0.3, 0.4) is 0 Å². The minimum Gasteiger partial charge on any atom is -0.492 e. The average molecular weight is 575 g/mol. The highest BCUT2D eigenvalue weighted by molar-refractivity contribution is 14.1. The molecular weight excluding hydrogens is 547 g/mol. The SMILES string of the molecule is CC(C)(C)OC(=O)c1c(Nc2ccc(I)cc2F)cc(F)cc1OCC[C@@H]1COC(C)(C)O1. The van der Waals surface area contributed by atoms with Gasteiger partial charge in [0.25, 0.3) is 0 Å². The highest BCUT2D eigenvalue weighted by Gasteiger charge is 2.32. The third-order valence-corrected chi connectivity index (χ3v) is 5.31. The molecule has 0 spiro atoms. The normalized spacial score (nSPS) is 17.6. The third kappa shape index (κ3) is 7.25. The van der Waals surface area contributed by atoms with Gasteiger partial charge in [-0.25, -0.2) is 13.6 Å².